The van der Waals surface area contributed by atoms with Crippen molar-refractivity contribution in [2.45, 2.75) is 13.5 Å². The molecule has 3 heteroatoms. The van der Waals surface area contributed by atoms with Crippen LogP contribution in [0.2, 0.25) is 0 Å². The average Bonchev–Trinajstić information content (AvgIpc) is 2.38. The summed E-state index contributed by atoms with van der Waals surface area (Å²) in [5.74, 6) is 0. The fraction of sp³-hybridized carbons (Fsp3) is 0.133. The summed E-state index contributed by atoms with van der Waals surface area (Å²) in [5.41, 5.74) is 4.00. The van der Waals surface area contributed by atoms with Crippen molar-refractivity contribution in [3.05, 3.63) is 63.6 Å². The Labute approximate surface area is 115 Å². The van der Waals surface area contributed by atoms with Gasteiger partial charge in [-0.3, -0.25) is 0 Å². The van der Waals surface area contributed by atoms with E-state index in [-0.39, 0.29) is 0 Å². The number of anilines is 1. The largest absolute Gasteiger partial charge is 0.380 e. The molecule has 0 saturated carbocycles. The van der Waals surface area contributed by atoms with E-state index >= 15 is 0 Å². The Kier molecular flexibility index (Phi) is 4.01. The number of aryl methyl sites for hydroxylation is 1. The number of rotatable bonds is 3. The van der Waals surface area contributed by atoms with Gasteiger partial charge < -0.3 is 5.32 Å². The van der Waals surface area contributed by atoms with Crippen molar-refractivity contribution in [1.29, 1.82) is 5.26 Å². The smallest absolute Gasteiger partial charge is 0.101 e. The Balaban J connectivity index is 2.18. The second-order valence-electron chi connectivity index (χ2n) is 4.08. The van der Waals surface area contributed by atoms with Crippen LogP contribution in [0, 0.1) is 18.3 Å². The van der Waals surface area contributed by atoms with Crippen molar-refractivity contribution in [2.24, 2.45) is 0 Å². The number of hydrogen-bond donors (Lipinski definition) is 1. The van der Waals surface area contributed by atoms with Gasteiger partial charge >= 0.3 is 0 Å². The van der Waals surface area contributed by atoms with Crippen LogP contribution in [0.25, 0.3) is 0 Å². The Morgan fingerprint density at radius 3 is 2.72 bits per heavy atom. The highest BCUT2D eigenvalue weighted by molar-refractivity contribution is 9.10. The molecular weight excluding hydrogens is 288 g/mol. The third-order valence-electron chi connectivity index (χ3n) is 2.83. The highest BCUT2D eigenvalue weighted by atomic mass is 79.9. The van der Waals surface area contributed by atoms with Crippen molar-refractivity contribution < 1.29 is 0 Å². The number of nitriles is 1. The predicted octanol–water partition coefficient (Wildman–Crippen LogP) is 4.24. The van der Waals surface area contributed by atoms with E-state index in [1.807, 2.05) is 30.3 Å². The molecule has 0 aliphatic carbocycles. The summed E-state index contributed by atoms with van der Waals surface area (Å²) >= 11 is 3.42. The van der Waals surface area contributed by atoms with E-state index in [1.165, 1.54) is 11.1 Å². The topological polar surface area (TPSA) is 35.8 Å². The zero-order valence-corrected chi connectivity index (χ0v) is 11.7. The zero-order chi connectivity index (χ0) is 13.0. The monoisotopic (exact) mass is 300 g/mol. The standard InChI is InChI=1S/C15H13BrN2/c1-11-4-2-3-5-13(11)10-18-15-8-14(16)7-6-12(15)9-17/h2-8,18H,10H2,1H3. The van der Waals surface area contributed by atoms with E-state index in [0.717, 1.165) is 16.7 Å². The minimum absolute atomic E-state index is 0.659. The maximum atomic E-state index is 9.06. The summed E-state index contributed by atoms with van der Waals surface area (Å²) in [6.07, 6.45) is 0. The summed E-state index contributed by atoms with van der Waals surface area (Å²) in [7, 11) is 0. The van der Waals surface area contributed by atoms with Crippen LogP contribution in [-0.4, -0.2) is 0 Å². The number of nitrogens with zero attached hydrogens (tertiary/aromatic N) is 1. The molecule has 0 atom stereocenters. The van der Waals surface area contributed by atoms with Crippen LogP contribution >= 0.6 is 15.9 Å². The van der Waals surface area contributed by atoms with E-state index in [4.69, 9.17) is 5.26 Å². The Hall–Kier alpha value is -1.79. The summed E-state index contributed by atoms with van der Waals surface area (Å²) in [5, 5.41) is 12.4. The van der Waals surface area contributed by atoms with E-state index in [0.29, 0.717) is 5.56 Å². The number of hydrogen-bond acceptors (Lipinski definition) is 2. The van der Waals surface area contributed by atoms with Crippen molar-refractivity contribution >= 4 is 21.6 Å². The second kappa shape index (κ2) is 5.70. The quantitative estimate of drug-likeness (QED) is 0.920. The van der Waals surface area contributed by atoms with Crippen LogP contribution in [0.4, 0.5) is 5.69 Å². The highest BCUT2D eigenvalue weighted by Gasteiger charge is 2.03. The van der Waals surface area contributed by atoms with E-state index in [1.54, 1.807) is 0 Å². The van der Waals surface area contributed by atoms with Gasteiger partial charge in [0, 0.05) is 11.0 Å². The van der Waals surface area contributed by atoms with Crippen molar-refractivity contribution in [3.8, 4) is 6.07 Å². The van der Waals surface area contributed by atoms with Gasteiger partial charge in [0.1, 0.15) is 6.07 Å². The maximum Gasteiger partial charge on any atom is 0.101 e. The predicted molar refractivity (Wildman–Crippen MR) is 77.4 cm³/mol. The van der Waals surface area contributed by atoms with Crippen molar-refractivity contribution in [2.75, 3.05) is 5.32 Å². The van der Waals surface area contributed by atoms with Gasteiger partial charge in [0.05, 0.1) is 11.3 Å². The molecule has 2 rings (SSSR count). The highest BCUT2D eigenvalue weighted by Crippen LogP contribution is 2.21. The molecule has 0 spiro atoms. The van der Waals surface area contributed by atoms with Gasteiger partial charge in [0.15, 0.2) is 0 Å². The van der Waals surface area contributed by atoms with Gasteiger partial charge in [-0.05, 0) is 36.2 Å². The molecule has 2 nitrogen and oxygen atoms in total. The summed E-state index contributed by atoms with van der Waals surface area (Å²) in [6, 6.07) is 16.0. The zero-order valence-electron chi connectivity index (χ0n) is 10.1. The molecule has 0 bridgehead atoms. The number of halogens is 1. The summed E-state index contributed by atoms with van der Waals surface area (Å²) in [4.78, 5) is 0. The molecule has 0 heterocycles. The van der Waals surface area contributed by atoms with Crippen LogP contribution < -0.4 is 5.32 Å². The molecular formula is C15H13BrN2. The third-order valence-corrected chi connectivity index (χ3v) is 3.33. The minimum Gasteiger partial charge on any atom is -0.380 e. The molecule has 2 aromatic carbocycles. The van der Waals surface area contributed by atoms with Crippen molar-refractivity contribution in [1.82, 2.24) is 0 Å². The summed E-state index contributed by atoms with van der Waals surface area (Å²) < 4.78 is 0.966. The lowest BCUT2D eigenvalue weighted by molar-refractivity contribution is 1.12. The lowest BCUT2D eigenvalue weighted by atomic mass is 10.1. The van der Waals surface area contributed by atoms with Gasteiger partial charge in [0.25, 0.3) is 0 Å². The van der Waals surface area contributed by atoms with Crippen LogP contribution in [0.15, 0.2) is 46.9 Å². The Morgan fingerprint density at radius 2 is 2.00 bits per heavy atom. The van der Waals surface area contributed by atoms with Crippen LogP contribution in [-0.2, 0) is 6.54 Å². The van der Waals surface area contributed by atoms with Gasteiger partial charge in [-0.15, -0.1) is 0 Å². The normalized spacial score (nSPS) is 9.83. The van der Waals surface area contributed by atoms with E-state index < -0.39 is 0 Å². The van der Waals surface area contributed by atoms with Crippen LogP contribution in [0.5, 0.6) is 0 Å². The molecule has 1 N–H and O–H groups in total. The number of benzene rings is 2. The molecule has 0 fully saturated rings. The Morgan fingerprint density at radius 1 is 1.22 bits per heavy atom. The molecule has 0 radical (unpaired) electrons. The van der Waals surface area contributed by atoms with Gasteiger partial charge in [-0.25, -0.2) is 0 Å². The minimum atomic E-state index is 0.659. The van der Waals surface area contributed by atoms with E-state index in [9.17, 15) is 0 Å². The van der Waals surface area contributed by atoms with Gasteiger partial charge in [0.2, 0.25) is 0 Å². The summed E-state index contributed by atoms with van der Waals surface area (Å²) in [6.45, 7) is 2.81. The Bertz CT molecular complexity index is 600. The first-order valence-electron chi connectivity index (χ1n) is 5.69. The average molecular weight is 301 g/mol. The van der Waals surface area contributed by atoms with Crippen LogP contribution in [0.1, 0.15) is 16.7 Å². The third kappa shape index (κ3) is 2.91. The fourth-order valence-corrected chi connectivity index (χ4v) is 2.12. The van der Waals surface area contributed by atoms with Gasteiger partial charge in [-0.1, -0.05) is 40.2 Å². The fourth-order valence-electron chi connectivity index (χ4n) is 1.76. The molecule has 90 valence electrons. The maximum absolute atomic E-state index is 9.06. The molecule has 0 unspecified atom stereocenters. The van der Waals surface area contributed by atoms with Crippen molar-refractivity contribution in [3.63, 3.8) is 0 Å². The van der Waals surface area contributed by atoms with Crippen LogP contribution in [0.3, 0.4) is 0 Å². The SMILES string of the molecule is Cc1ccccc1CNc1cc(Br)ccc1C#N. The molecule has 0 saturated heterocycles. The molecule has 18 heavy (non-hydrogen) atoms. The van der Waals surface area contributed by atoms with E-state index in [2.05, 4.69) is 46.4 Å². The van der Waals surface area contributed by atoms with Gasteiger partial charge in [-0.2, -0.15) is 5.26 Å². The molecule has 0 aliphatic heterocycles. The lowest BCUT2D eigenvalue weighted by Gasteiger charge is -2.10. The molecule has 0 amide bonds. The molecule has 0 aromatic heterocycles. The first kappa shape index (κ1) is 12.7. The number of nitrogens with one attached hydrogen (secondary N) is 1. The first-order chi connectivity index (χ1) is 8.70. The second-order valence-corrected chi connectivity index (χ2v) is 5.00. The molecule has 0 aliphatic rings. The molecule has 2 aromatic rings. The lowest BCUT2D eigenvalue weighted by Crippen LogP contribution is -2.02. The first-order valence-corrected chi connectivity index (χ1v) is 6.48.